The second kappa shape index (κ2) is 9.14. The van der Waals surface area contributed by atoms with Crippen molar-refractivity contribution in [3.05, 3.63) is 54.0 Å². The number of fused-ring (bicyclic) bond motifs is 3. The lowest BCUT2D eigenvalue weighted by atomic mass is 10.0. The number of pyridine rings is 1. The fourth-order valence-corrected chi connectivity index (χ4v) is 5.64. The van der Waals surface area contributed by atoms with Gasteiger partial charge in [-0.25, -0.2) is 24.3 Å². The molecule has 5 heterocycles. The summed E-state index contributed by atoms with van der Waals surface area (Å²) >= 11 is 0. The van der Waals surface area contributed by atoms with Gasteiger partial charge in [0.05, 0.1) is 17.2 Å². The van der Waals surface area contributed by atoms with Crippen molar-refractivity contribution in [2.75, 3.05) is 31.5 Å². The van der Waals surface area contributed by atoms with E-state index < -0.39 is 0 Å². The highest BCUT2D eigenvalue weighted by Gasteiger charge is 2.32. The number of nitrogens with zero attached hydrogens (tertiary/aromatic N) is 6. The fourth-order valence-electron chi connectivity index (χ4n) is 5.25. The van der Waals surface area contributed by atoms with E-state index in [2.05, 4.69) is 58.1 Å². The third-order valence-electron chi connectivity index (χ3n) is 7.15. The summed E-state index contributed by atoms with van der Waals surface area (Å²) in [5.41, 5.74) is 4.29. The maximum absolute atomic E-state index is 15.0. The monoisotopic (exact) mass is 504 g/mol. The summed E-state index contributed by atoms with van der Waals surface area (Å²) in [5, 5.41) is 7.44. The van der Waals surface area contributed by atoms with Gasteiger partial charge in [0.1, 0.15) is 17.5 Å². The van der Waals surface area contributed by atoms with Crippen LogP contribution in [0.25, 0.3) is 22.2 Å². The molecule has 2 aliphatic rings. The number of anilines is 2. The Morgan fingerprint density at radius 3 is 2.64 bits per heavy atom. The highest BCUT2D eigenvalue weighted by Crippen LogP contribution is 2.37. The van der Waals surface area contributed by atoms with Crippen LogP contribution in [0.2, 0.25) is 0 Å². The van der Waals surface area contributed by atoms with Crippen molar-refractivity contribution >= 4 is 37.3 Å². The smallest absolute Gasteiger partial charge is 0.228 e. The Morgan fingerprint density at radius 2 is 1.86 bits per heavy atom. The Balaban J connectivity index is 1.27. The van der Waals surface area contributed by atoms with Crippen LogP contribution in [0, 0.1) is 5.82 Å². The van der Waals surface area contributed by atoms with E-state index in [9.17, 15) is 4.39 Å². The van der Waals surface area contributed by atoms with Crippen molar-refractivity contribution < 1.29 is 4.39 Å². The summed E-state index contributed by atoms with van der Waals surface area (Å²) in [6.07, 6.45) is 6.91. The molecular weight excluding hydrogens is 474 g/mol. The van der Waals surface area contributed by atoms with Crippen molar-refractivity contribution in [3.8, 4) is 11.1 Å². The van der Waals surface area contributed by atoms with Crippen LogP contribution in [0.15, 0.2) is 36.8 Å². The van der Waals surface area contributed by atoms with Gasteiger partial charge in [0.15, 0.2) is 0 Å². The van der Waals surface area contributed by atoms with Gasteiger partial charge in [0, 0.05) is 68.2 Å². The van der Waals surface area contributed by atoms with E-state index in [0.29, 0.717) is 17.3 Å². The average molecular weight is 505 g/mol. The van der Waals surface area contributed by atoms with Crippen LogP contribution in [0.1, 0.15) is 31.7 Å². The highest BCUT2D eigenvalue weighted by molar-refractivity contribution is 7.28. The molecule has 0 amide bonds. The molecular formula is C26H30FN8P. The number of piperazine rings is 1. The van der Waals surface area contributed by atoms with E-state index in [4.69, 9.17) is 4.98 Å². The number of aryl methyl sites for hydroxylation is 1. The lowest BCUT2D eigenvalue weighted by Gasteiger charge is -2.26. The predicted octanol–water partition coefficient (Wildman–Crippen LogP) is 3.36. The Kier molecular flexibility index (Phi) is 5.94. The molecule has 0 radical (unpaired) electrons. The van der Waals surface area contributed by atoms with E-state index in [-0.39, 0.29) is 11.4 Å². The Labute approximate surface area is 212 Å². The summed E-state index contributed by atoms with van der Waals surface area (Å²) < 4.78 is 17.3. The third kappa shape index (κ3) is 4.36. The molecule has 2 N–H and O–H groups in total. The summed E-state index contributed by atoms with van der Waals surface area (Å²) in [6, 6.07) is 5.72. The highest BCUT2D eigenvalue weighted by atomic mass is 31.0. The zero-order valence-corrected chi connectivity index (χ0v) is 21.7. The van der Waals surface area contributed by atoms with Gasteiger partial charge in [-0.2, -0.15) is 0 Å². The van der Waals surface area contributed by atoms with Crippen LogP contribution in [0.5, 0.6) is 0 Å². The normalized spacial score (nSPS) is 17.4. The van der Waals surface area contributed by atoms with Crippen molar-refractivity contribution in [2.45, 2.75) is 38.8 Å². The molecule has 0 saturated carbocycles. The molecule has 4 aromatic rings. The van der Waals surface area contributed by atoms with Gasteiger partial charge in [-0.3, -0.25) is 4.90 Å². The number of benzene rings is 1. The summed E-state index contributed by atoms with van der Waals surface area (Å²) in [7, 11) is 2.76. The van der Waals surface area contributed by atoms with Crippen LogP contribution in [-0.4, -0.2) is 55.6 Å². The molecule has 0 aliphatic carbocycles. The van der Waals surface area contributed by atoms with Gasteiger partial charge in [0.25, 0.3) is 0 Å². The topological polar surface area (TPSA) is 83.8 Å². The van der Waals surface area contributed by atoms with E-state index in [0.717, 1.165) is 78.9 Å². The predicted molar refractivity (Wildman–Crippen MR) is 143 cm³/mol. The molecule has 186 valence electrons. The molecule has 1 saturated heterocycles. The molecule has 3 aromatic heterocycles. The first-order valence-corrected chi connectivity index (χ1v) is 12.9. The van der Waals surface area contributed by atoms with Gasteiger partial charge < -0.3 is 15.2 Å². The van der Waals surface area contributed by atoms with Crippen LogP contribution in [-0.2, 0) is 18.5 Å². The van der Waals surface area contributed by atoms with Crippen molar-refractivity contribution in [3.63, 3.8) is 0 Å². The second-order valence-corrected chi connectivity index (χ2v) is 10.8. The zero-order chi connectivity index (χ0) is 24.9. The Hall–Kier alpha value is -3.00. The molecule has 36 heavy (non-hydrogen) atoms. The van der Waals surface area contributed by atoms with Crippen LogP contribution >= 0.6 is 9.24 Å². The Bertz CT molecular complexity index is 1430. The lowest BCUT2D eigenvalue weighted by Crippen LogP contribution is -2.42. The van der Waals surface area contributed by atoms with E-state index in [1.54, 1.807) is 6.07 Å². The molecule has 1 fully saturated rings. The third-order valence-corrected chi connectivity index (χ3v) is 7.59. The van der Waals surface area contributed by atoms with Gasteiger partial charge in [0.2, 0.25) is 5.95 Å². The van der Waals surface area contributed by atoms with E-state index in [1.807, 2.05) is 24.5 Å². The molecule has 2 aliphatic heterocycles. The van der Waals surface area contributed by atoms with Crippen molar-refractivity contribution in [2.24, 2.45) is 0 Å². The zero-order valence-electron chi connectivity index (χ0n) is 20.6. The minimum Gasteiger partial charge on any atom is -0.322 e. The molecule has 1 unspecified atom stereocenters. The molecule has 1 atom stereocenters. The summed E-state index contributed by atoms with van der Waals surface area (Å²) in [4.78, 5) is 20.4. The van der Waals surface area contributed by atoms with Gasteiger partial charge in [-0.15, -0.1) is 9.24 Å². The molecule has 0 spiro atoms. The molecule has 6 rings (SSSR count). The van der Waals surface area contributed by atoms with Gasteiger partial charge in [-0.05, 0) is 49.3 Å². The standard InChI is InChI=1S/C26H30FN8P/c1-26(2)4-3-23-33-24-20(35(23)26)9-17(10-21(24)36)18-11-22(29-14-19(18)27)32-25-30-12-16(13-31-25)15-34-7-5-28-6-8-34/h9-14,28H,3-8,15,36H2,1-2H3,(H,29,30,31,32). The number of halogens is 1. The number of imidazole rings is 1. The van der Waals surface area contributed by atoms with E-state index in [1.165, 1.54) is 6.20 Å². The van der Waals surface area contributed by atoms with Crippen LogP contribution in [0.4, 0.5) is 16.2 Å². The first-order valence-electron chi connectivity index (χ1n) is 12.4. The molecule has 0 bridgehead atoms. The maximum atomic E-state index is 15.0. The summed E-state index contributed by atoms with van der Waals surface area (Å²) in [5.74, 6) is 1.63. The second-order valence-electron chi connectivity index (χ2n) is 10.2. The minimum absolute atomic E-state index is 0.0162. The lowest BCUT2D eigenvalue weighted by molar-refractivity contribution is 0.233. The van der Waals surface area contributed by atoms with Crippen molar-refractivity contribution in [1.82, 2.24) is 34.7 Å². The van der Waals surface area contributed by atoms with Gasteiger partial charge >= 0.3 is 0 Å². The first kappa shape index (κ1) is 23.4. The first-order chi connectivity index (χ1) is 17.4. The SMILES string of the molecule is CC1(C)CCc2nc3c(P)cc(-c4cc(Nc5ncc(CN6CCNCC6)cn5)ncc4F)cc3n21. The van der Waals surface area contributed by atoms with Crippen LogP contribution in [0.3, 0.4) is 0 Å². The quantitative estimate of drug-likeness (QED) is 0.403. The number of aromatic nitrogens is 5. The fraction of sp³-hybridized carbons (Fsp3) is 0.385. The largest absolute Gasteiger partial charge is 0.322 e. The number of nitrogens with one attached hydrogen (secondary N) is 2. The van der Waals surface area contributed by atoms with Crippen molar-refractivity contribution in [1.29, 1.82) is 0 Å². The average Bonchev–Trinajstić information content (AvgIpc) is 3.40. The number of hydrogen-bond donors (Lipinski definition) is 2. The molecule has 8 nitrogen and oxygen atoms in total. The molecule has 1 aromatic carbocycles. The van der Waals surface area contributed by atoms with Crippen LogP contribution < -0.4 is 15.9 Å². The number of rotatable bonds is 5. The molecule has 10 heteroatoms. The Morgan fingerprint density at radius 1 is 1.08 bits per heavy atom. The van der Waals surface area contributed by atoms with E-state index >= 15 is 0 Å². The number of hydrogen-bond acceptors (Lipinski definition) is 7. The summed E-state index contributed by atoms with van der Waals surface area (Å²) in [6.45, 7) is 9.33. The minimum atomic E-state index is -0.378. The van der Waals surface area contributed by atoms with Gasteiger partial charge in [-0.1, -0.05) is 0 Å². The maximum Gasteiger partial charge on any atom is 0.228 e.